The van der Waals surface area contributed by atoms with Crippen molar-refractivity contribution in [1.29, 1.82) is 0 Å². The SMILES string of the molecule is c1cc2occc2c(NC2CCCCNC2)n1. The molecule has 1 fully saturated rings. The number of anilines is 1. The highest BCUT2D eigenvalue weighted by molar-refractivity contribution is 5.87. The molecule has 1 saturated heterocycles. The van der Waals surface area contributed by atoms with E-state index in [-0.39, 0.29) is 0 Å². The molecule has 0 radical (unpaired) electrons. The van der Waals surface area contributed by atoms with Crippen LogP contribution in [0.25, 0.3) is 11.0 Å². The zero-order valence-corrected chi connectivity index (χ0v) is 9.78. The molecule has 1 aliphatic heterocycles. The molecule has 2 N–H and O–H groups in total. The Morgan fingerprint density at radius 1 is 1.35 bits per heavy atom. The molecule has 0 saturated carbocycles. The van der Waals surface area contributed by atoms with Gasteiger partial charge in [0.1, 0.15) is 11.4 Å². The van der Waals surface area contributed by atoms with E-state index in [0.29, 0.717) is 6.04 Å². The standard InChI is InChI=1S/C13H17N3O/c1-2-6-14-9-10(3-1)16-13-11-5-8-17-12(11)4-7-15-13/h4-5,7-8,10,14H,1-3,6,9H2,(H,15,16). The van der Waals surface area contributed by atoms with Crippen LogP contribution < -0.4 is 10.6 Å². The summed E-state index contributed by atoms with van der Waals surface area (Å²) in [5.41, 5.74) is 0.893. The summed E-state index contributed by atoms with van der Waals surface area (Å²) in [5.74, 6) is 0.935. The van der Waals surface area contributed by atoms with Gasteiger partial charge < -0.3 is 15.1 Å². The van der Waals surface area contributed by atoms with Crippen LogP contribution in [-0.2, 0) is 0 Å². The van der Waals surface area contributed by atoms with E-state index in [1.165, 1.54) is 19.3 Å². The molecular formula is C13H17N3O. The van der Waals surface area contributed by atoms with Crippen LogP contribution in [0.15, 0.2) is 29.0 Å². The molecule has 4 heteroatoms. The van der Waals surface area contributed by atoms with Crippen molar-refractivity contribution >= 4 is 16.8 Å². The first-order valence-corrected chi connectivity index (χ1v) is 6.23. The quantitative estimate of drug-likeness (QED) is 0.833. The van der Waals surface area contributed by atoms with Gasteiger partial charge in [0.2, 0.25) is 0 Å². The zero-order chi connectivity index (χ0) is 11.5. The first-order valence-electron chi connectivity index (χ1n) is 6.23. The second-order valence-electron chi connectivity index (χ2n) is 4.53. The molecule has 1 aliphatic rings. The Morgan fingerprint density at radius 3 is 3.35 bits per heavy atom. The number of rotatable bonds is 2. The Balaban J connectivity index is 1.81. The maximum Gasteiger partial charge on any atom is 0.139 e. The summed E-state index contributed by atoms with van der Waals surface area (Å²) in [4.78, 5) is 4.40. The number of nitrogens with zero attached hydrogens (tertiary/aromatic N) is 1. The van der Waals surface area contributed by atoms with Crippen LogP contribution in [0, 0.1) is 0 Å². The molecule has 0 aliphatic carbocycles. The molecule has 0 amide bonds. The molecule has 17 heavy (non-hydrogen) atoms. The smallest absolute Gasteiger partial charge is 0.139 e. The molecular weight excluding hydrogens is 214 g/mol. The monoisotopic (exact) mass is 231 g/mol. The van der Waals surface area contributed by atoms with Crippen molar-refractivity contribution in [2.75, 3.05) is 18.4 Å². The summed E-state index contributed by atoms with van der Waals surface area (Å²) in [6.45, 7) is 2.14. The Hall–Kier alpha value is -1.55. The minimum absolute atomic E-state index is 0.463. The third-order valence-corrected chi connectivity index (χ3v) is 3.27. The molecule has 3 rings (SSSR count). The Morgan fingerprint density at radius 2 is 2.35 bits per heavy atom. The Kier molecular flexibility index (Phi) is 2.96. The lowest BCUT2D eigenvalue weighted by Gasteiger charge is -2.17. The second-order valence-corrected chi connectivity index (χ2v) is 4.53. The fourth-order valence-corrected chi connectivity index (χ4v) is 2.35. The Bertz CT molecular complexity index is 486. The van der Waals surface area contributed by atoms with Gasteiger partial charge in [0.25, 0.3) is 0 Å². The fraction of sp³-hybridized carbons (Fsp3) is 0.462. The van der Waals surface area contributed by atoms with E-state index in [1.54, 1.807) is 12.5 Å². The third kappa shape index (κ3) is 2.26. The summed E-state index contributed by atoms with van der Waals surface area (Å²) in [5, 5.41) is 8.03. The average molecular weight is 231 g/mol. The van der Waals surface area contributed by atoms with E-state index < -0.39 is 0 Å². The first kappa shape index (κ1) is 10.6. The Labute approximate surface area is 100 Å². The highest BCUT2D eigenvalue weighted by Gasteiger charge is 2.13. The lowest BCUT2D eigenvalue weighted by Crippen LogP contribution is -2.31. The minimum Gasteiger partial charge on any atom is -0.464 e. The maximum absolute atomic E-state index is 5.38. The van der Waals surface area contributed by atoms with Gasteiger partial charge in [0, 0.05) is 18.8 Å². The van der Waals surface area contributed by atoms with Crippen LogP contribution in [0.3, 0.4) is 0 Å². The predicted octanol–water partition coefficient (Wildman–Crippen LogP) is 2.38. The van der Waals surface area contributed by atoms with Crippen molar-refractivity contribution in [3.63, 3.8) is 0 Å². The largest absolute Gasteiger partial charge is 0.464 e. The van der Waals surface area contributed by atoms with E-state index >= 15 is 0 Å². The summed E-state index contributed by atoms with van der Waals surface area (Å²) in [6, 6.07) is 4.33. The van der Waals surface area contributed by atoms with Gasteiger partial charge in [0.05, 0.1) is 11.6 Å². The van der Waals surface area contributed by atoms with Crippen molar-refractivity contribution in [2.45, 2.75) is 25.3 Å². The van der Waals surface area contributed by atoms with E-state index in [2.05, 4.69) is 15.6 Å². The van der Waals surface area contributed by atoms with E-state index in [4.69, 9.17) is 4.42 Å². The second kappa shape index (κ2) is 4.75. The topological polar surface area (TPSA) is 50.1 Å². The molecule has 0 bridgehead atoms. The molecule has 2 aromatic rings. The zero-order valence-electron chi connectivity index (χ0n) is 9.78. The number of aromatic nitrogens is 1. The summed E-state index contributed by atoms with van der Waals surface area (Å²) in [7, 11) is 0. The van der Waals surface area contributed by atoms with Crippen molar-refractivity contribution in [2.24, 2.45) is 0 Å². The third-order valence-electron chi connectivity index (χ3n) is 3.27. The van der Waals surface area contributed by atoms with Crippen molar-refractivity contribution < 1.29 is 4.42 Å². The van der Waals surface area contributed by atoms with Gasteiger partial charge in [-0.1, -0.05) is 6.42 Å². The molecule has 3 heterocycles. The molecule has 1 unspecified atom stereocenters. The molecule has 90 valence electrons. The van der Waals surface area contributed by atoms with Gasteiger partial charge in [-0.05, 0) is 31.5 Å². The normalized spacial score (nSPS) is 21.3. The highest BCUT2D eigenvalue weighted by Crippen LogP contribution is 2.23. The van der Waals surface area contributed by atoms with Crippen molar-refractivity contribution in [1.82, 2.24) is 10.3 Å². The lowest BCUT2D eigenvalue weighted by atomic mass is 10.1. The molecule has 0 aromatic carbocycles. The van der Waals surface area contributed by atoms with E-state index in [1.807, 2.05) is 12.1 Å². The maximum atomic E-state index is 5.38. The van der Waals surface area contributed by atoms with Crippen LogP contribution in [-0.4, -0.2) is 24.1 Å². The van der Waals surface area contributed by atoms with Gasteiger partial charge in [-0.3, -0.25) is 0 Å². The van der Waals surface area contributed by atoms with Crippen LogP contribution in [0.1, 0.15) is 19.3 Å². The van der Waals surface area contributed by atoms with Crippen LogP contribution >= 0.6 is 0 Å². The summed E-state index contributed by atoms with van der Waals surface area (Å²) >= 11 is 0. The van der Waals surface area contributed by atoms with E-state index in [0.717, 1.165) is 29.9 Å². The average Bonchev–Trinajstić information content (AvgIpc) is 2.69. The van der Waals surface area contributed by atoms with Crippen LogP contribution in [0.5, 0.6) is 0 Å². The molecule has 2 aromatic heterocycles. The number of furan rings is 1. The van der Waals surface area contributed by atoms with Gasteiger partial charge in [-0.2, -0.15) is 0 Å². The number of nitrogens with one attached hydrogen (secondary N) is 2. The number of pyridine rings is 1. The minimum atomic E-state index is 0.463. The van der Waals surface area contributed by atoms with Crippen molar-refractivity contribution in [3.8, 4) is 0 Å². The van der Waals surface area contributed by atoms with Gasteiger partial charge in [-0.15, -0.1) is 0 Å². The number of fused-ring (bicyclic) bond motifs is 1. The number of hydrogen-bond acceptors (Lipinski definition) is 4. The van der Waals surface area contributed by atoms with Crippen LogP contribution in [0.2, 0.25) is 0 Å². The number of hydrogen-bond donors (Lipinski definition) is 2. The lowest BCUT2D eigenvalue weighted by molar-refractivity contribution is 0.615. The van der Waals surface area contributed by atoms with Crippen molar-refractivity contribution in [3.05, 3.63) is 24.6 Å². The molecule has 4 nitrogen and oxygen atoms in total. The highest BCUT2D eigenvalue weighted by atomic mass is 16.3. The summed E-state index contributed by atoms with van der Waals surface area (Å²) < 4.78 is 5.38. The van der Waals surface area contributed by atoms with Gasteiger partial charge in [0.15, 0.2) is 0 Å². The van der Waals surface area contributed by atoms with Gasteiger partial charge in [-0.25, -0.2) is 4.98 Å². The molecule has 0 spiro atoms. The first-order chi connectivity index (χ1) is 8.43. The summed E-state index contributed by atoms with van der Waals surface area (Å²) in [6.07, 6.45) is 7.23. The van der Waals surface area contributed by atoms with Gasteiger partial charge >= 0.3 is 0 Å². The predicted molar refractivity (Wildman–Crippen MR) is 68.1 cm³/mol. The molecule has 1 atom stereocenters. The fourth-order valence-electron chi connectivity index (χ4n) is 2.35. The van der Waals surface area contributed by atoms with Crippen LogP contribution in [0.4, 0.5) is 5.82 Å². The van der Waals surface area contributed by atoms with E-state index in [9.17, 15) is 0 Å².